The fraction of sp³-hybridized carbons (Fsp3) is 0.125. The Labute approximate surface area is 106 Å². The van der Waals surface area contributed by atoms with Gasteiger partial charge in [0.2, 0.25) is 0 Å². The molecule has 2 heteroatoms. The number of benzene rings is 2. The summed E-state index contributed by atoms with van der Waals surface area (Å²) in [7, 11) is 1.92. The molecule has 0 bridgehead atoms. The highest BCUT2D eigenvalue weighted by Gasteiger charge is 2.06. The zero-order chi connectivity index (χ0) is 12.5. The first-order valence-corrected chi connectivity index (χ1v) is 6.04. The molecule has 0 saturated heterocycles. The molecule has 18 heavy (non-hydrogen) atoms. The second-order valence-electron chi connectivity index (χ2n) is 4.48. The van der Waals surface area contributed by atoms with E-state index >= 15 is 0 Å². The van der Waals surface area contributed by atoms with E-state index in [2.05, 4.69) is 42.6 Å². The predicted molar refractivity (Wildman–Crippen MR) is 75.9 cm³/mol. The van der Waals surface area contributed by atoms with Crippen molar-refractivity contribution in [1.82, 2.24) is 0 Å². The van der Waals surface area contributed by atoms with Crippen molar-refractivity contribution < 1.29 is 4.42 Å². The number of anilines is 1. The molecule has 3 aromatic rings. The van der Waals surface area contributed by atoms with E-state index in [1.165, 1.54) is 5.56 Å². The summed E-state index contributed by atoms with van der Waals surface area (Å²) >= 11 is 0. The van der Waals surface area contributed by atoms with Crippen molar-refractivity contribution in [3.8, 4) is 11.3 Å². The molecule has 0 atom stereocenters. The van der Waals surface area contributed by atoms with Crippen molar-refractivity contribution in [3.05, 3.63) is 54.1 Å². The molecular formula is C16H15NO. The van der Waals surface area contributed by atoms with Crippen LogP contribution >= 0.6 is 0 Å². The molecule has 1 heterocycles. The van der Waals surface area contributed by atoms with Gasteiger partial charge in [-0.3, -0.25) is 0 Å². The van der Waals surface area contributed by atoms with Crippen LogP contribution in [0.4, 0.5) is 5.69 Å². The van der Waals surface area contributed by atoms with Crippen LogP contribution in [-0.2, 0) is 0 Å². The zero-order valence-electron chi connectivity index (χ0n) is 10.5. The van der Waals surface area contributed by atoms with Gasteiger partial charge in [0, 0.05) is 23.7 Å². The minimum atomic E-state index is 0.910. The topological polar surface area (TPSA) is 25.2 Å². The summed E-state index contributed by atoms with van der Waals surface area (Å²) in [6.45, 7) is 2.09. The first-order valence-electron chi connectivity index (χ1n) is 6.04. The fourth-order valence-electron chi connectivity index (χ4n) is 2.13. The normalized spacial score (nSPS) is 10.8. The van der Waals surface area contributed by atoms with E-state index in [9.17, 15) is 0 Å². The molecule has 1 aromatic heterocycles. The van der Waals surface area contributed by atoms with Gasteiger partial charge >= 0.3 is 0 Å². The van der Waals surface area contributed by atoms with Gasteiger partial charge in [0.05, 0.1) is 0 Å². The van der Waals surface area contributed by atoms with Gasteiger partial charge in [-0.2, -0.15) is 0 Å². The van der Waals surface area contributed by atoms with Crippen LogP contribution in [0.2, 0.25) is 0 Å². The van der Waals surface area contributed by atoms with E-state index < -0.39 is 0 Å². The molecule has 0 saturated carbocycles. The largest absolute Gasteiger partial charge is 0.456 e. The Kier molecular flexibility index (Phi) is 2.56. The third kappa shape index (κ3) is 1.86. The average molecular weight is 237 g/mol. The van der Waals surface area contributed by atoms with Crippen LogP contribution in [0.15, 0.2) is 52.9 Å². The standard InChI is InChI=1S/C16H15NO/c1-11-6-7-15-13(8-11)10-16(18-15)12-4-3-5-14(9-12)17-2/h3-10,17H,1-2H3. The lowest BCUT2D eigenvalue weighted by atomic mass is 10.1. The van der Waals surface area contributed by atoms with Gasteiger partial charge in [-0.15, -0.1) is 0 Å². The van der Waals surface area contributed by atoms with Gasteiger partial charge < -0.3 is 9.73 Å². The minimum Gasteiger partial charge on any atom is -0.456 e. The van der Waals surface area contributed by atoms with Crippen molar-refractivity contribution in [3.63, 3.8) is 0 Å². The number of hydrogen-bond acceptors (Lipinski definition) is 2. The highest BCUT2D eigenvalue weighted by Crippen LogP contribution is 2.29. The molecule has 0 aliphatic heterocycles. The molecule has 2 aromatic carbocycles. The Morgan fingerprint density at radius 1 is 1.00 bits per heavy atom. The average Bonchev–Trinajstić information content (AvgIpc) is 2.81. The van der Waals surface area contributed by atoms with Gasteiger partial charge in [0.1, 0.15) is 11.3 Å². The fourth-order valence-corrected chi connectivity index (χ4v) is 2.13. The molecule has 0 amide bonds. The van der Waals surface area contributed by atoms with Crippen molar-refractivity contribution in [2.24, 2.45) is 0 Å². The van der Waals surface area contributed by atoms with E-state index in [0.29, 0.717) is 0 Å². The maximum atomic E-state index is 5.88. The molecule has 3 rings (SSSR count). The molecule has 1 N–H and O–H groups in total. The molecule has 0 radical (unpaired) electrons. The van der Waals surface area contributed by atoms with Crippen LogP contribution in [0.25, 0.3) is 22.3 Å². The molecule has 0 spiro atoms. The second-order valence-corrected chi connectivity index (χ2v) is 4.48. The van der Waals surface area contributed by atoms with Crippen LogP contribution in [0.1, 0.15) is 5.56 Å². The quantitative estimate of drug-likeness (QED) is 0.712. The van der Waals surface area contributed by atoms with Crippen LogP contribution < -0.4 is 5.32 Å². The summed E-state index contributed by atoms with van der Waals surface area (Å²) in [6, 6.07) is 16.5. The second kappa shape index (κ2) is 4.22. The number of furan rings is 1. The monoisotopic (exact) mass is 237 g/mol. The molecule has 0 aliphatic carbocycles. The van der Waals surface area contributed by atoms with Crippen molar-refractivity contribution >= 4 is 16.7 Å². The smallest absolute Gasteiger partial charge is 0.135 e. The Morgan fingerprint density at radius 2 is 1.89 bits per heavy atom. The summed E-state index contributed by atoms with van der Waals surface area (Å²) in [5, 5.41) is 4.29. The number of fused-ring (bicyclic) bond motifs is 1. The lowest BCUT2D eigenvalue weighted by Gasteiger charge is -2.01. The molecule has 0 fully saturated rings. The molecule has 90 valence electrons. The molecule has 0 aliphatic rings. The summed E-state index contributed by atoms with van der Waals surface area (Å²) < 4.78 is 5.88. The number of nitrogens with one attached hydrogen (secondary N) is 1. The van der Waals surface area contributed by atoms with Crippen LogP contribution in [0.5, 0.6) is 0 Å². The van der Waals surface area contributed by atoms with E-state index in [4.69, 9.17) is 4.42 Å². The zero-order valence-corrected chi connectivity index (χ0v) is 10.5. The summed E-state index contributed by atoms with van der Waals surface area (Å²) in [5.41, 5.74) is 4.36. The first-order chi connectivity index (χ1) is 8.76. The van der Waals surface area contributed by atoms with Gasteiger partial charge in [-0.1, -0.05) is 23.8 Å². The summed E-state index contributed by atoms with van der Waals surface area (Å²) in [6.07, 6.45) is 0. The van der Waals surface area contributed by atoms with Crippen LogP contribution in [0, 0.1) is 6.92 Å². The van der Waals surface area contributed by atoms with Gasteiger partial charge in [-0.25, -0.2) is 0 Å². The van der Waals surface area contributed by atoms with Crippen molar-refractivity contribution in [1.29, 1.82) is 0 Å². The SMILES string of the molecule is CNc1cccc(-c2cc3cc(C)ccc3o2)c1. The highest BCUT2D eigenvalue weighted by atomic mass is 16.3. The van der Waals surface area contributed by atoms with Gasteiger partial charge in [0.15, 0.2) is 0 Å². The van der Waals surface area contributed by atoms with E-state index in [1.807, 2.05) is 25.2 Å². The number of hydrogen-bond donors (Lipinski definition) is 1. The predicted octanol–water partition coefficient (Wildman–Crippen LogP) is 4.45. The minimum absolute atomic E-state index is 0.910. The Morgan fingerprint density at radius 3 is 2.72 bits per heavy atom. The highest BCUT2D eigenvalue weighted by molar-refractivity contribution is 5.83. The Hall–Kier alpha value is -2.22. The van der Waals surface area contributed by atoms with E-state index in [0.717, 1.165) is 28.0 Å². The van der Waals surface area contributed by atoms with E-state index in [1.54, 1.807) is 0 Å². The van der Waals surface area contributed by atoms with Crippen LogP contribution in [-0.4, -0.2) is 7.05 Å². The summed E-state index contributed by atoms with van der Waals surface area (Å²) in [5.74, 6) is 0.910. The lowest BCUT2D eigenvalue weighted by Crippen LogP contribution is -1.86. The number of aryl methyl sites for hydroxylation is 1. The van der Waals surface area contributed by atoms with Crippen molar-refractivity contribution in [2.75, 3.05) is 12.4 Å². The number of rotatable bonds is 2. The van der Waals surface area contributed by atoms with Crippen molar-refractivity contribution in [2.45, 2.75) is 6.92 Å². The van der Waals surface area contributed by atoms with E-state index in [-0.39, 0.29) is 0 Å². The van der Waals surface area contributed by atoms with Gasteiger partial charge in [0.25, 0.3) is 0 Å². The summed E-state index contributed by atoms with van der Waals surface area (Å²) in [4.78, 5) is 0. The third-order valence-electron chi connectivity index (χ3n) is 3.11. The van der Waals surface area contributed by atoms with Crippen LogP contribution in [0.3, 0.4) is 0 Å². The molecular weight excluding hydrogens is 222 g/mol. The maximum absolute atomic E-state index is 5.88. The maximum Gasteiger partial charge on any atom is 0.135 e. The Balaban J connectivity index is 2.13. The Bertz CT molecular complexity index is 697. The first kappa shape index (κ1) is 10.9. The molecule has 2 nitrogen and oxygen atoms in total. The third-order valence-corrected chi connectivity index (χ3v) is 3.11. The van der Waals surface area contributed by atoms with Gasteiger partial charge in [-0.05, 0) is 37.3 Å². The molecule has 0 unspecified atom stereocenters. The lowest BCUT2D eigenvalue weighted by molar-refractivity contribution is 0.631.